The predicted molar refractivity (Wildman–Crippen MR) is 90.3 cm³/mol. The molecule has 1 saturated carbocycles. The number of nitrogens with zero attached hydrogens (tertiary/aromatic N) is 4. The molecule has 0 unspecified atom stereocenters. The SMILES string of the molecule is C[C@@H](Oc1ccc2c(c1)OCO2)C(=O)N1CC(n2cc(C3CC3)nn2)C1. The average molecular weight is 356 g/mol. The summed E-state index contributed by atoms with van der Waals surface area (Å²) in [6.45, 7) is 3.26. The van der Waals surface area contributed by atoms with Crippen molar-refractivity contribution in [1.29, 1.82) is 0 Å². The summed E-state index contributed by atoms with van der Waals surface area (Å²) < 4.78 is 18.3. The van der Waals surface area contributed by atoms with Gasteiger partial charge in [0.2, 0.25) is 6.79 Å². The number of likely N-dealkylation sites (tertiary alicyclic amines) is 1. The van der Waals surface area contributed by atoms with Crippen molar-refractivity contribution in [3.05, 3.63) is 30.1 Å². The molecule has 8 heteroatoms. The second kappa shape index (κ2) is 5.89. The van der Waals surface area contributed by atoms with Crippen molar-refractivity contribution in [2.75, 3.05) is 19.9 Å². The van der Waals surface area contributed by atoms with E-state index in [1.54, 1.807) is 30.0 Å². The quantitative estimate of drug-likeness (QED) is 0.812. The fourth-order valence-electron chi connectivity index (χ4n) is 3.30. The molecule has 136 valence electrons. The molecule has 2 aromatic rings. The maximum Gasteiger partial charge on any atom is 0.263 e. The Morgan fingerprint density at radius 3 is 2.88 bits per heavy atom. The summed E-state index contributed by atoms with van der Waals surface area (Å²) >= 11 is 0. The Morgan fingerprint density at radius 1 is 1.27 bits per heavy atom. The van der Waals surface area contributed by atoms with Crippen molar-refractivity contribution in [3.8, 4) is 17.2 Å². The molecule has 0 spiro atoms. The first kappa shape index (κ1) is 15.5. The maximum absolute atomic E-state index is 12.6. The first-order valence-corrected chi connectivity index (χ1v) is 8.94. The number of carbonyl (C=O) groups excluding carboxylic acids is 1. The van der Waals surface area contributed by atoms with E-state index in [1.165, 1.54) is 12.8 Å². The van der Waals surface area contributed by atoms with Crippen LogP contribution >= 0.6 is 0 Å². The Bertz CT molecular complexity index is 841. The summed E-state index contributed by atoms with van der Waals surface area (Å²) in [5.74, 6) is 2.50. The zero-order valence-corrected chi connectivity index (χ0v) is 14.5. The lowest BCUT2D eigenvalue weighted by molar-refractivity contribution is -0.144. The number of hydrogen-bond donors (Lipinski definition) is 0. The van der Waals surface area contributed by atoms with Crippen molar-refractivity contribution in [2.24, 2.45) is 0 Å². The lowest BCUT2D eigenvalue weighted by Gasteiger charge is -2.40. The van der Waals surface area contributed by atoms with Gasteiger partial charge in [-0.2, -0.15) is 0 Å². The lowest BCUT2D eigenvalue weighted by Crippen LogP contribution is -2.54. The van der Waals surface area contributed by atoms with Gasteiger partial charge in [-0.3, -0.25) is 4.79 Å². The molecule has 2 fully saturated rings. The number of amides is 1. The molecule has 26 heavy (non-hydrogen) atoms. The van der Waals surface area contributed by atoms with Crippen LogP contribution in [0.15, 0.2) is 24.4 Å². The van der Waals surface area contributed by atoms with E-state index >= 15 is 0 Å². The van der Waals surface area contributed by atoms with E-state index in [1.807, 2.05) is 10.9 Å². The van der Waals surface area contributed by atoms with Gasteiger partial charge in [-0.1, -0.05) is 5.21 Å². The van der Waals surface area contributed by atoms with E-state index in [0.717, 1.165) is 5.69 Å². The van der Waals surface area contributed by atoms with Gasteiger partial charge in [0.25, 0.3) is 5.91 Å². The summed E-state index contributed by atoms with van der Waals surface area (Å²) in [5, 5.41) is 8.44. The highest BCUT2D eigenvalue weighted by molar-refractivity contribution is 5.81. The highest BCUT2D eigenvalue weighted by Gasteiger charge is 2.36. The number of carbonyl (C=O) groups is 1. The van der Waals surface area contributed by atoms with Gasteiger partial charge in [0.15, 0.2) is 17.6 Å². The molecule has 1 amide bonds. The topological polar surface area (TPSA) is 78.7 Å². The average Bonchev–Trinajstić information content (AvgIpc) is 3.15. The van der Waals surface area contributed by atoms with E-state index in [0.29, 0.717) is 36.3 Å². The zero-order chi connectivity index (χ0) is 17.7. The van der Waals surface area contributed by atoms with Gasteiger partial charge in [0, 0.05) is 31.3 Å². The molecule has 8 nitrogen and oxygen atoms in total. The van der Waals surface area contributed by atoms with Crippen LogP contribution in [0.4, 0.5) is 0 Å². The van der Waals surface area contributed by atoms with Crippen LogP contribution in [0.2, 0.25) is 0 Å². The van der Waals surface area contributed by atoms with Crippen molar-refractivity contribution in [3.63, 3.8) is 0 Å². The number of hydrogen-bond acceptors (Lipinski definition) is 6. The van der Waals surface area contributed by atoms with Gasteiger partial charge >= 0.3 is 0 Å². The molecule has 5 rings (SSSR count). The second-order valence-corrected chi connectivity index (χ2v) is 7.07. The minimum absolute atomic E-state index is 0.0264. The van der Waals surface area contributed by atoms with E-state index in [4.69, 9.17) is 14.2 Å². The smallest absolute Gasteiger partial charge is 0.263 e. The predicted octanol–water partition coefficient (Wildman–Crippen LogP) is 1.73. The molecule has 0 bridgehead atoms. The van der Waals surface area contributed by atoms with Gasteiger partial charge in [-0.25, -0.2) is 4.68 Å². The first-order chi connectivity index (χ1) is 12.7. The van der Waals surface area contributed by atoms with Crippen LogP contribution in [0.25, 0.3) is 0 Å². The lowest BCUT2D eigenvalue weighted by atomic mass is 10.1. The number of benzene rings is 1. The van der Waals surface area contributed by atoms with Gasteiger partial charge in [-0.15, -0.1) is 5.10 Å². The Kier molecular flexibility index (Phi) is 3.51. The molecule has 0 radical (unpaired) electrons. The fourth-order valence-corrected chi connectivity index (χ4v) is 3.30. The number of aromatic nitrogens is 3. The minimum atomic E-state index is -0.561. The molecule has 1 aliphatic carbocycles. The molecule has 1 aromatic carbocycles. The van der Waals surface area contributed by atoms with Crippen molar-refractivity contribution >= 4 is 5.91 Å². The second-order valence-electron chi connectivity index (χ2n) is 7.07. The third-order valence-corrected chi connectivity index (χ3v) is 5.08. The molecular weight excluding hydrogens is 336 g/mol. The summed E-state index contributed by atoms with van der Waals surface area (Å²) in [6.07, 6.45) is 3.89. The number of fused-ring (bicyclic) bond motifs is 1. The third kappa shape index (κ3) is 2.75. The van der Waals surface area contributed by atoms with Crippen LogP contribution in [-0.4, -0.2) is 51.8 Å². The molecule has 1 atom stereocenters. The monoisotopic (exact) mass is 356 g/mol. The molecule has 3 heterocycles. The van der Waals surface area contributed by atoms with Crippen molar-refractivity contribution < 1.29 is 19.0 Å². The van der Waals surface area contributed by atoms with Gasteiger partial charge < -0.3 is 19.1 Å². The summed E-state index contributed by atoms with van der Waals surface area (Å²) in [7, 11) is 0. The molecule has 1 aromatic heterocycles. The third-order valence-electron chi connectivity index (χ3n) is 5.08. The Labute approximate surface area is 150 Å². The van der Waals surface area contributed by atoms with Crippen LogP contribution in [0.5, 0.6) is 17.2 Å². The minimum Gasteiger partial charge on any atom is -0.481 e. The van der Waals surface area contributed by atoms with Crippen LogP contribution in [-0.2, 0) is 4.79 Å². The van der Waals surface area contributed by atoms with Crippen LogP contribution < -0.4 is 14.2 Å². The van der Waals surface area contributed by atoms with E-state index in [-0.39, 0.29) is 18.7 Å². The molecule has 0 N–H and O–H groups in total. The Hall–Kier alpha value is -2.77. The summed E-state index contributed by atoms with van der Waals surface area (Å²) in [5.41, 5.74) is 1.08. The van der Waals surface area contributed by atoms with Crippen molar-refractivity contribution in [2.45, 2.75) is 37.8 Å². The van der Waals surface area contributed by atoms with Gasteiger partial charge in [-0.05, 0) is 31.9 Å². The van der Waals surface area contributed by atoms with E-state index < -0.39 is 6.10 Å². The molecule has 1 saturated heterocycles. The maximum atomic E-state index is 12.6. The summed E-state index contributed by atoms with van der Waals surface area (Å²) in [6, 6.07) is 5.53. The van der Waals surface area contributed by atoms with Crippen LogP contribution in [0.1, 0.15) is 37.4 Å². The highest BCUT2D eigenvalue weighted by atomic mass is 16.7. The molecular formula is C18H20N4O4. The van der Waals surface area contributed by atoms with Crippen molar-refractivity contribution in [1.82, 2.24) is 19.9 Å². The summed E-state index contributed by atoms with van der Waals surface area (Å²) in [4.78, 5) is 14.4. The molecule has 3 aliphatic rings. The van der Waals surface area contributed by atoms with Gasteiger partial charge in [0.1, 0.15) is 5.75 Å². The zero-order valence-electron chi connectivity index (χ0n) is 14.5. The van der Waals surface area contributed by atoms with Gasteiger partial charge in [0.05, 0.1) is 11.7 Å². The Balaban J connectivity index is 1.16. The highest BCUT2D eigenvalue weighted by Crippen LogP contribution is 2.39. The normalized spacial score (nSPS) is 20.0. The largest absolute Gasteiger partial charge is 0.481 e. The van der Waals surface area contributed by atoms with E-state index in [2.05, 4.69) is 10.3 Å². The number of rotatable bonds is 5. The van der Waals surface area contributed by atoms with Crippen LogP contribution in [0, 0.1) is 0 Å². The van der Waals surface area contributed by atoms with E-state index in [9.17, 15) is 4.79 Å². The van der Waals surface area contributed by atoms with Crippen LogP contribution in [0.3, 0.4) is 0 Å². The Morgan fingerprint density at radius 2 is 2.08 bits per heavy atom. The first-order valence-electron chi connectivity index (χ1n) is 8.94. The number of ether oxygens (including phenoxy) is 3. The fraction of sp³-hybridized carbons (Fsp3) is 0.500. The molecule has 2 aliphatic heterocycles. The standard InChI is InChI=1S/C18H20N4O4/c1-11(26-14-4-5-16-17(6-14)25-10-24-16)18(23)21-7-13(8-21)22-9-15(19-20-22)12-2-3-12/h4-6,9,11-13H,2-3,7-8,10H2,1H3/t11-/m1/s1.